The molecule has 1 saturated carbocycles. The molecule has 5 nitrogen and oxygen atoms in total. The fraction of sp³-hybridized carbons (Fsp3) is 0.579. The molecular weight excluding hydrogens is 302 g/mol. The number of urea groups is 1. The molecule has 1 fully saturated rings. The summed E-state index contributed by atoms with van der Waals surface area (Å²) in [5.41, 5.74) is 1.18. The summed E-state index contributed by atoms with van der Waals surface area (Å²) in [7, 11) is 0. The molecule has 3 amide bonds. The van der Waals surface area contributed by atoms with Crippen molar-refractivity contribution in [3.8, 4) is 0 Å². The Hall–Kier alpha value is -2.04. The quantitative estimate of drug-likeness (QED) is 0.749. The Morgan fingerprint density at radius 2 is 1.83 bits per heavy atom. The van der Waals surface area contributed by atoms with Crippen LogP contribution in [0.25, 0.3) is 0 Å². The van der Waals surface area contributed by atoms with Gasteiger partial charge in [0.25, 0.3) is 0 Å². The van der Waals surface area contributed by atoms with Gasteiger partial charge in [-0.2, -0.15) is 0 Å². The molecule has 24 heavy (non-hydrogen) atoms. The zero-order valence-corrected chi connectivity index (χ0v) is 14.7. The topological polar surface area (TPSA) is 70.2 Å². The van der Waals surface area contributed by atoms with Crippen LogP contribution >= 0.6 is 0 Å². The summed E-state index contributed by atoms with van der Waals surface area (Å²) in [4.78, 5) is 23.7. The van der Waals surface area contributed by atoms with Crippen molar-refractivity contribution < 1.29 is 9.59 Å². The minimum Gasteiger partial charge on any atom is -0.354 e. The number of carbonyl (C=O) groups is 2. The van der Waals surface area contributed by atoms with Gasteiger partial charge >= 0.3 is 6.03 Å². The maximum absolute atomic E-state index is 11.9. The number of benzene rings is 1. The Labute approximate surface area is 144 Å². The van der Waals surface area contributed by atoms with E-state index in [1.165, 1.54) is 5.56 Å². The lowest BCUT2D eigenvalue weighted by Crippen LogP contribution is -2.49. The van der Waals surface area contributed by atoms with Crippen LogP contribution in [-0.4, -0.2) is 31.1 Å². The number of rotatable bonds is 6. The number of hydrogen-bond acceptors (Lipinski definition) is 2. The molecular formula is C19H29N3O2. The molecule has 3 atom stereocenters. The van der Waals surface area contributed by atoms with Crippen LogP contribution in [0.15, 0.2) is 30.3 Å². The van der Waals surface area contributed by atoms with Gasteiger partial charge in [0.15, 0.2) is 0 Å². The zero-order chi connectivity index (χ0) is 17.4. The van der Waals surface area contributed by atoms with Crippen molar-refractivity contribution in [2.45, 2.75) is 45.6 Å². The average Bonchev–Trinajstić information content (AvgIpc) is 2.56. The third-order valence-electron chi connectivity index (χ3n) is 4.74. The van der Waals surface area contributed by atoms with Crippen LogP contribution in [0.2, 0.25) is 0 Å². The summed E-state index contributed by atoms with van der Waals surface area (Å²) in [5.74, 6) is 1.06. The molecule has 0 heterocycles. The van der Waals surface area contributed by atoms with Gasteiger partial charge in [-0.3, -0.25) is 4.79 Å². The summed E-state index contributed by atoms with van der Waals surface area (Å²) in [6, 6.07) is 9.96. The fourth-order valence-corrected chi connectivity index (χ4v) is 3.31. The Kier molecular flexibility index (Phi) is 7.09. The first-order chi connectivity index (χ1) is 11.5. The molecule has 1 aromatic carbocycles. The molecule has 0 aliphatic heterocycles. The molecule has 1 aliphatic rings. The Balaban J connectivity index is 1.60. The van der Waals surface area contributed by atoms with E-state index in [2.05, 4.69) is 29.8 Å². The Morgan fingerprint density at radius 1 is 1.08 bits per heavy atom. The highest BCUT2D eigenvalue weighted by Gasteiger charge is 2.26. The smallest absolute Gasteiger partial charge is 0.315 e. The largest absolute Gasteiger partial charge is 0.354 e. The highest BCUT2D eigenvalue weighted by molar-refractivity contribution is 5.83. The first kappa shape index (κ1) is 18.3. The van der Waals surface area contributed by atoms with E-state index in [0.29, 0.717) is 12.5 Å². The lowest BCUT2D eigenvalue weighted by Gasteiger charge is -2.33. The van der Waals surface area contributed by atoms with Crippen molar-refractivity contribution in [2.75, 3.05) is 13.1 Å². The summed E-state index contributed by atoms with van der Waals surface area (Å²) in [5, 5.41) is 8.47. The van der Waals surface area contributed by atoms with E-state index in [4.69, 9.17) is 0 Å². The van der Waals surface area contributed by atoms with E-state index in [9.17, 15) is 9.59 Å². The van der Waals surface area contributed by atoms with Crippen molar-refractivity contribution in [3.63, 3.8) is 0 Å². The number of amides is 3. The van der Waals surface area contributed by atoms with Gasteiger partial charge in [-0.05, 0) is 43.1 Å². The molecule has 0 radical (unpaired) electrons. The number of carbonyl (C=O) groups excluding carboxylic acids is 2. The normalized spacial score (nSPS) is 23.3. The lowest BCUT2D eigenvalue weighted by atomic mass is 9.80. The van der Waals surface area contributed by atoms with E-state index in [1.54, 1.807) is 0 Å². The highest BCUT2D eigenvalue weighted by Crippen LogP contribution is 2.28. The monoisotopic (exact) mass is 331 g/mol. The van der Waals surface area contributed by atoms with Gasteiger partial charge in [-0.25, -0.2) is 4.79 Å². The van der Waals surface area contributed by atoms with Crippen LogP contribution in [0.4, 0.5) is 4.79 Å². The highest BCUT2D eigenvalue weighted by atomic mass is 16.2. The molecule has 2 rings (SSSR count). The second-order valence-corrected chi connectivity index (χ2v) is 6.91. The summed E-state index contributed by atoms with van der Waals surface area (Å²) in [6.45, 7) is 5.02. The summed E-state index contributed by atoms with van der Waals surface area (Å²) in [6.07, 6.45) is 4.09. The minimum absolute atomic E-state index is 0.0120. The van der Waals surface area contributed by atoms with Crippen molar-refractivity contribution in [2.24, 2.45) is 11.8 Å². The second kappa shape index (κ2) is 9.30. The summed E-state index contributed by atoms with van der Waals surface area (Å²) < 4.78 is 0. The van der Waals surface area contributed by atoms with Crippen LogP contribution < -0.4 is 16.0 Å². The fourth-order valence-electron chi connectivity index (χ4n) is 3.31. The van der Waals surface area contributed by atoms with Gasteiger partial charge in [0, 0.05) is 12.6 Å². The molecule has 0 aromatic heterocycles. The lowest BCUT2D eigenvalue weighted by molar-refractivity contribution is -0.120. The van der Waals surface area contributed by atoms with E-state index < -0.39 is 0 Å². The van der Waals surface area contributed by atoms with Gasteiger partial charge in [-0.1, -0.05) is 44.2 Å². The van der Waals surface area contributed by atoms with E-state index in [1.807, 2.05) is 30.3 Å². The zero-order valence-electron chi connectivity index (χ0n) is 14.7. The van der Waals surface area contributed by atoms with E-state index in [0.717, 1.165) is 31.6 Å². The van der Waals surface area contributed by atoms with Gasteiger partial charge in [0.2, 0.25) is 5.91 Å². The van der Waals surface area contributed by atoms with Crippen LogP contribution in [0.1, 0.15) is 38.7 Å². The molecule has 1 aliphatic carbocycles. The van der Waals surface area contributed by atoms with E-state index in [-0.39, 0.29) is 24.5 Å². The Morgan fingerprint density at radius 3 is 2.54 bits per heavy atom. The molecule has 3 unspecified atom stereocenters. The standard InChI is InChI=1S/C19H29N3O2/c1-14-8-9-17(15(2)12-14)22-19(24)21-13-18(23)20-11-10-16-6-4-3-5-7-16/h3-7,14-15,17H,8-13H2,1-2H3,(H,20,23)(H2,21,22,24). The third-order valence-corrected chi connectivity index (χ3v) is 4.74. The SMILES string of the molecule is CC1CCC(NC(=O)NCC(=O)NCCc2ccccc2)C(C)C1. The number of hydrogen-bond donors (Lipinski definition) is 3. The predicted molar refractivity (Wildman–Crippen MR) is 95.7 cm³/mol. The van der Waals surface area contributed by atoms with Crippen LogP contribution in [0.5, 0.6) is 0 Å². The summed E-state index contributed by atoms with van der Waals surface area (Å²) >= 11 is 0. The van der Waals surface area contributed by atoms with Gasteiger partial charge < -0.3 is 16.0 Å². The Bertz CT molecular complexity index is 533. The van der Waals surface area contributed by atoms with Crippen LogP contribution in [-0.2, 0) is 11.2 Å². The predicted octanol–water partition coefficient (Wildman–Crippen LogP) is 2.47. The van der Waals surface area contributed by atoms with Crippen LogP contribution in [0, 0.1) is 11.8 Å². The second-order valence-electron chi connectivity index (χ2n) is 6.91. The van der Waals surface area contributed by atoms with Crippen molar-refractivity contribution in [1.82, 2.24) is 16.0 Å². The van der Waals surface area contributed by atoms with E-state index >= 15 is 0 Å². The first-order valence-electron chi connectivity index (χ1n) is 8.89. The maximum Gasteiger partial charge on any atom is 0.315 e. The molecule has 0 spiro atoms. The molecule has 132 valence electrons. The molecule has 0 saturated heterocycles. The third kappa shape index (κ3) is 6.22. The van der Waals surface area contributed by atoms with Crippen molar-refractivity contribution >= 4 is 11.9 Å². The van der Waals surface area contributed by atoms with Gasteiger partial charge in [-0.15, -0.1) is 0 Å². The molecule has 0 bridgehead atoms. The minimum atomic E-state index is -0.250. The average molecular weight is 331 g/mol. The molecule has 5 heteroatoms. The molecule has 3 N–H and O–H groups in total. The van der Waals surface area contributed by atoms with Crippen LogP contribution in [0.3, 0.4) is 0 Å². The van der Waals surface area contributed by atoms with Gasteiger partial charge in [0.05, 0.1) is 6.54 Å². The molecule has 1 aromatic rings. The maximum atomic E-state index is 11.9. The van der Waals surface area contributed by atoms with Gasteiger partial charge in [0.1, 0.15) is 0 Å². The first-order valence-corrected chi connectivity index (χ1v) is 8.89. The van der Waals surface area contributed by atoms with Crippen molar-refractivity contribution in [1.29, 1.82) is 0 Å². The van der Waals surface area contributed by atoms with Crippen molar-refractivity contribution in [3.05, 3.63) is 35.9 Å². The number of nitrogens with one attached hydrogen (secondary N) is 3.